The van der Waals surface area contributed by atoms with E-state index in [-0.39, 0.29) is 23.7 Å². The Bertz CT molecular complexity index is 562. The zero-order chi connectivity index (χ0) is 19.6. The van der Waals surface area contributed by atoms with Gasteiger partial charge < -0.3 is 5.11 Å². The molecule has 0 spiro atoms. The molecule has 5 nitrogen and oxygen atoms in total. The molecule has 1 heterocycles. The van der Waals surface area contributed by atoms with Crippen LogP contribution in [0.1, 0.15) is 40.5 Å². The summed E-state index contributed by atoms with van der Waals surface area (Å²) in [7, 11) is 0. The number of carboxylic acid groups (broad SMARTS) is 1. The third kappa shape index (κ3) is 5.05. The van der Waals surface area contributed by atoms with Gasteiger partial charge in [-0.25, -0.2) is 4.90 Å². The summed E-state index contributed by atoms with van der Waals surface area (Å²) in [6, 6.07) is -2.33. The third-order valence-corrected chi connectivity index (χ3v) is 5.67. The molecule has 0 aliphatic carbocycles. The van der Waals surface area contributed by atoms with Gasteiger partial charge >= 0.3 is 12.3 Å². The second-order valence-electron chi connectivity index (χ2n) is 6.72. The number of carboxylic acids is 1. The molecule has 9 heteroatoms. The van der Waals surface area contributed by atoms with E-state index in [0.717, 1.165) is 18.7 Å². The van der Waals surface area contributed by atoms with E-state index in [9.17, 15) is 27.9 Å². The standard InChI is InChI=1S/C16H23F3N2O3S/c1-6-7-15(5)12(14(23)24)20-13(25-15)11(8-9(2)3)21(10(4)22)16(17,18)19/h1,9,11-13,20H,7-8H2,2-5H3,(H,23,24). The fourth-order valence-corrected chi connectivity index (χ4v) is 4.69. The van der Waals surface area contributed by atoms with E-state index in [1.54, 1.807) is 20.8 Å². The molecule has 1 aliphatic rings. The molecule has 0 saturated carbocycles. The van der Waals surface area contributed by atoms with Gasteiger partial charge in [-0.1, -0.05) is 13.8 Å². The lowest BCUT2D eigenvalue weighted by atomic mass is 9.96. The van der Waals surface area contributed by atoms with Crippen LogP contribution in [0.4, 0.5) is 13.2 Å². The average molecular weight is 380 g/mol. The van der Waals surface area contributed by atoms with Gasteiger partial charge in [0, 0.05) is 13.3 Å². The fraction of sp³-hybridized carbons (Fsp3) is 0.750. The van der Waals surface area contributed by atoms with Crippen LogP contribution in [0.5, 0.6) is 0 Å². The maximum Gasteiger partial charge on any atom is 0.487 e. The van der Waals surface area contributed by atoms with Gasteiger partial charge in [0.25, 0.3) is 0 Å². The summed E-state index contributed by atoms with van der Waals surface area (Å²) < 4.78 is 39.4. The van der Waals surface area contributed by atoms with Crippen molar-refractivity contribution in [2.75, 3.05) is 0 Å². The number of carbonyl (C=O) groups is 2. The molecule has 0 aromatic heterocycles. The Morgan fingerprint density at radius 3 is 2.36 bits per heavy atom. The molecule has 142 valence electrons. The van der Waals surface area contributed by atoms with E-state index in [2.05, 4.69) is 11.2 Å². The van der Waals surface area contributed by atoms with E-state index >= 15 is 0 Å². The monoisotopic (exact) mass is 380 g/mol. The molecule has 4 atom stereocenters. The number of terminal acetylenes is 1. The molecule has 1 amide bonds. The molecular weight excluding hydrogens is 357 g/mol. The Hall–Kier alpha value is -1.40. The maximum absolute atomic E-state index is 13.4. The van der Waals surface area contributed by atoms with Gasteiger partial charge in [-0.05, 0) is 19.3 Å². The van der Waals surface area contributed by atoms with Crippen molar-refractivity contribution in [3.8, 4) is 12.3 Å². The Kier molecular flexibility index (Phi) is 6.81. The van der Waals surface area contributed by atoms with Crippen LogP contribution in [-0.2, 0) is 9.59 Å². The minimum Gasteiger partial charge on any atom is -0.480 e. The molecule has 0 aromatic rings. The van der Waals surface area contributed by atoms with E-state index in [4.69, 9.17) is 6.42 Å². The van der Waals surface area contributed by atoms with Gasteiger partial charge in [-0.3, -0.25) is 14.9 Å². The molecule has 0 bridgehead atoms. The number of thioether (sulfide) groups is 1. The second kappa shape index (κ2) is 7.87. The number of hydrogen-bond donors (Lipinski definition) is 2. The molecule has 1 aliphatic heterocycles. The van der Waals surface area contributed by atoms with Gasteiger partial charge in [-0.15, -0.1) is 37.3 Å². The lowest BCUT2D eigenvalue weighted by Gasteiger charge is -2.37. The minimum absolute atomic E-state index is 0.0717. The van der Waals surface area contributed by atoms with Crippen LogP contribution in [0, 0.1) is 18.3 Å². The fourth-order valence-electron chi connectivity index (χ4n) is 3.05. The molecule has 1 fully saturated rings. The van der Waals surface area contributed by atoms with Crippen molar-refractivity contribution in [3.63, 3.8) is 0 Å². The van der Waals surface area contributed by atoms with Crippen molar-refractivity contribution in [3.05, 3.63) is 0 Å². The first-order valence-electron chi connectivity index (χ1n) is 7.80. The van der Waals surface area contributed by atoms with E-state index in [1.165, 1.54) is 0 Å². The highest BCUT2D eigenvalue weighted by Crippen LogP contribution is 2.45. The lowest BCUT2D eigenvalue weighted by molar-refractivity contribution is -0.251. The summed E-state index contributed by atoms with van der Waals surface area (Å²) in [5.41, 5.74) is 0. The first kappa shape index (κ1) is 21.6. The van der Waals surface area contributed by atoms with Crippen molar-refractivity contribution in [1.82, 2.24) is 10.2 Å². The Labute approximate surface area is 149 Å². The van der Waals surface area contributed by atoms with E-state index in [0.29, 0.717) is 0 Å². The maximum atomic E-state index is 13.4. The van der Waals surface area contributed by atoms with Crippen molar-refractivity contribution < 1.29 is 27.9 Å². The Balaban J connectivity index is 3.26. The summed E-state index contributed by atoms with van der Waals surface area (Å²) >= 11 is 1.06. The van der Waals surface area contributed by atoms with Crippen LogP contribution < -0.4 is 5.32 Å². The second-order valence-corrected chi connectivity index (χ2v) is 8.40. The predicted octanol–water partition coefficient (Wildman–Crippen LogP) is 2.67. The summed E-state index contributed by atoms with van der Waals surface area (Å²) in [6.07, 6.45) is 0.611. The third-order valence-electron chi connectivity index (χ3n) is 4.04. The Morgan fingerprint density at radius 1 is 1.44 bits per heavy atom. The number of aliphatic carboxylic acids is 1. The van der Waals surface area contributed by atoms with Crippen LogP contribution in [0.3, 0.4) is 0 Å². The van der Waals surface area contributed by atoms with Gasteiger partial charge in [0.1, 0.15) is 6.04 Å². The van der Waals surface area contributed by atoms with Crippen molar-refractivity contribution in [2.45, 2.75) is 69.0 Å². The smallest absolute Gasteiger partial charge is 0.480 e. The SMILES string of the molecule is C#CCC1(C)SC(C(CC(C)C)N(C(C)=O)C(F)(F)F)NC1C(=O)O. The number of amides is 1. The highest BCUT2D eigenvalue weighted by Gasteiger charge is 2.54. The number of nitrogens with zero attached hydrogens (tertiary/aromatic N) is 1. The first-order valence-corrected chi connectivity index (χ1v) is 8.68. The molecule has 1 saturated heterocycles. The molecular formula is C16H23F3N2O3S. The summed E-state index contributed by atoms with van der Waals surface area (Å²) in [6.45, 7) is 5.96. The number of hydrogen-bond acceptors (Lipinski definition) is 4. The molecule has 0 aromatic carbocycles. The van der Waals surface area contributed by atoms with Gasteiger partial charge in [0.2, 0.25) is 5.91 Å². The summed E-state index contributed by atoms with van der Waals surface area (Å²) in [5, 5.41) is 11.3. The van der Waals surface area contributed by atoms with Crippen LogP contribution in [0.2, 0.25) is 0 Å². The molecule has 1 rings (SSSR count). The van der Waals surface area contributed by atoms with Crippen molar-refractivity contribution >= 4 is 23.6 Å². The van der Waals surface area contributed by atoms with Gasteiger partial charge in [0.05, 0.1) is 16.2 Å². The number of nitrogens with one attached hydrogen (secondary N) is 1. The Morgan fingerprint density at radius 2 is 2.00 bits per heavy atom. The molecule has 4 unspecified atom stereocenters. The zero-order valence-electron chi connectivity index (χ0n) is 14.6. The lowest BCUT2D eigenvalue weighted by Crippen LogP contribution is -2.56. The van der Waals surface area contributed by atoms with Gasteiger partial charge in [0.15, 0.2) is 0 Å². The number of alkyl halides is 3. The van der Waals surface area contributed by atoms with E-state index < -0.39 is 40.4 Å². The molecule has 25 heavy (non-hydrogen) atoms. The highest BCUT2D eigenvalue weighted by molar-refractivity contribution is 8.01. The first-order chi connectivity index (χ1) is 11.3. The zero-order valence-corrected chi connectivity index (χ0v) is 15.4. The quantitative estimate of drug-likeness (QED) is 0.548. The van der Waals surface area contributed by atoms with Gasteiger partial charge in [-0.2, -0.15) is 0 Å². The van der Waals surface area contributed by atoms with Crippen LogP contribution in [0.15, 0.2) is 0 Å². The van der Waals surface area contributed by atoms with Crippen LogP contribution in [-0.4, -0.2) is 50.4 Å². The van der Waals surface area contributed by atoms with Crippen LogP contribution in [0.25, 0.3) is 0 Å². The largest absolute Gasteiger partial charge is 0.487 e. The highest BCUT2D eigenvalue weighted by atomic mass is 32.2. The minimum atomic E-state index is -4.85. The van der Waals surface area contributed by atoms with Crippen molar-refractivity contribution in [2.24, 2.45) is 5.92 Å². The average Bonchev–Trinajstić information content (AvgIpc) is 2.73. The van der Waals surface area contributed by atoms with Crippen LogP contribution >= 0.6 is 11.8 Å². The summed E-state index contributed by atoms with van der Waals surface area (Å²) in [4.78, 5) is 23.1. The number of halogens is 3. The predicted molar refractivity (Wildman–Crippen MR) is 89.6 cm³/mol. The number of carbonyl (C=O) groups excluding carboxylic acids is 1. The van der Waals surface area contributed by atoms with E-state index in [1.807, 2.05) is 0 Å². The topological polar surface area (TPSA) is 69.6 Å². The normalized spacial score (nSPS) is 27.8. The number of rotatable bonds is 6. The summed E-state index contributed by atoms with van der Waals surface area (Å²) in [5.74, 6) is -0.0448. The molecule has 0 radical (unpaired) electrons. The van der Waals surface area contributed by atoms with Crippen molar-refractivity contribution in [1.29, 1.82) is 0 Å². The molecule has 2 N–H and O–H groups in total.